The lowest BCUT2D eigenvalue weighted by molar-refractivity contribution is 0.264. The summed E-state index contributed by atoms with van der Waals surface area (Å²) >= 11 is 0. The molecule has 5 aromatic rings. The second kappa shape index (κ2) is 7.04. The zero-order valence-corrected chi connectivity index (χ0v) is 15.0. The maximum absolute atomic E-state index is 5.78. The Labute approximate surface area is 161 Å². The van der Waals surface area contributed by atoms with Gasteiger partial charge < -0.3 is 14.1 Å². The van der Waals surface area contributed by atoms with Crippen molar-refractivity contribution < 1.29 is 9.15 Å². The minimum atomic E-state index is 0.228. The first kappa shape index (κ1) is 16.3. The number of hydrogen-bond acceptors (Lipinski definition) is 4. The van der Waals surface area contributed by atoms with Gasteiger partial charge in [0.15, 0.2) is 6.61 Å². The van der Waals surface area contributed by atoms with E-state index in [1.807, 2.05) is 66.7 Å². The topological polar surface area (TPSA) is 63.9 Å². The highest BCUT2D eigenvalue weighted by Crippen LogP contribution is 2.26. The molecule has 1 N–H and O–H groups in total. The quantitative estimate of drug-likeness (QED) is 0.448. The van der Waals surface area contributed by atoms with Crippen molar-refractivity contribution in [2.24, 2.45) is 0 Å². The van der Waals surface area contributed by atoms with E-state index in [-0.39, 0.29) is 6.61 Å². The normalized spacial score (nSPS) is 11.0. The lowest BCUT2D eigenvalue weighted by atomic mass is 10.1. The van der Waals surface area contributed by atoms with Crippen LogP contribution in [0.4, 0.5) is 0 Å². The predicted molar refractivity (Wildman–Crippen MR) is 108 cm³/mol. The molecule has 0 saturated carbocycles. The van der Waals surface area contributed by atoms with Gasteiger partial charge in [-0.1, -0.05) is 36.4 Å². The second-order valence-electron chi connectivity index (χ2n) is 6.45. The van der Waals surface area contributed by atoms with Gasteiger partial charge in [0, 0.05) is 22.2 Å². The number of nitrogens with zero attached hydrogens (tertiary/aromatic N) is 2. The lowest BCUT2D eigenvalue weighted by Crippen LogP contribution is -1.95. The summed E-state index contributed by atoms with van der Waals surface area (Å²) in [5.74, 6) is 1.69. The molecule has 0 bridgehead atoms. The summed E-state index contributed by atoms with van der Waals surface area (Å²) in [7, 11) is 0. The molecule has 5 rings (SSSR count). The van der Waals surface area contributed by atoms with Crippen LogP contribution < -0.4 is 4.74 Å². The molecule has 0 amide bonds. The first-order valence-electron chi connectivity index (χ1n) is 9.04. The summed E-state index contributed by atoms with van der Waals surface area (Å²) in [6.45, 7) is 0.228. The number of aromatic amines is 1. The average molecular weight is 367 g/mol. The molecule has 0 saturated heterocycles. The van der Waals surface area contributed by atoms with E-state index in [2.05, 4.69) is 33.4 Å². The van der Waals surface area contributed by atoms with Crippen molar-refractivity contribution in [2.75, 3.05) is 0 Å². The molecule has 2 heterocycles. The van der Waals surface area contributed by atoms with Crippen molar-refractivity contribution >= 4 is 10.9 Å². The fourth-order valence-electron chi connectivity index (χ4n) is 3.11. The smallest absolute Gasteiger partial charge is 0.254 e. The maximum Gasteiger partial charge on any atom is 0.254 e. The van der Waals surface area contributed by atoms with Crippen LogP contribution in [0.1, 0.15) is 5.89 Å². The summed E-state index contributed by atoms with van der Waals surface area (Å²) in [6.07, 6.45) is 0. The van der Waals surface area contributed by atoms with Crippen LogP contribution in [0.3, 0.4) is 0 Å². The first-order valence-corrected chi connectivity index (χ1v) is 9.04. The Morgan fingerprint density at radius 2 is 1.57 bits per heavy atom. The van der Waals surface area contributed by atoms with E-state index in [1.165, 1.54) is 5.39 Å². The van der Waals surface area contributed by atoms with Crippen LogP contribution in [-0.4, -0.2) is 15.2 Å². The number of nitrogens with one attached hydrogen (secondary N) is 1. The van der Waals surface area contributed by atoms with Gasteiger partial charge in [0.05, 0.1) is 0 Å². The minimum absolute atomic E-state index is 0.228. The third-order valence-electron chi connectivity index (χ3n) is 4.55. The molecule has 0 aliphatic heterocycles. The molecule has 0 fully saturated rings. The van der Waals surface area contributed by atoms with Gasteiger partial charge in [0.25, 0.3) is 5.89 Å². The molecular weight excluding hydrogens is 350 g/mol. The van der Waals surface area contributed by atoms with E-state index >= 15 is 0 Å². The van der Waals surface area contributed by atoms with E-state index in [0.717, 1.165) is 28.1 Å². The van der Waals surface area contributed by atoms with Crippen LogP contribution >= 0.6 is 0 Å². The number of benzene rings is 3. The van der Waals surface area contributed by atoms with E-state index in [1.54, 1.807) is 0 Å². The molecule has 0 atom stereocenters. The van der Waals surface area contributed by atoms with Crippen molar-refractivity contribution in [3.8, 4) is 28.5 Å². The Balaban J connectivity index is 1.27. The molecule has 3 aromatic carbocycles. The van der Waals surface area contributed by atoms with Crippen molar-refractivity contribution in [3.63, 3.8) is 0 Å². The highest BCUT2D eigenvalue weighted by atomic mass is 16.5. The average Bonchev–Trinajstić information content (AvgIpc) is 3.40. The Kier molecular flexibility index (Phi) is 4.10. The Morgan fingerprint density at radius 3 is 2.39 bits per heavy atom. The molecule has 136 valence electrons. The molecule has 5 nitrogen and oxygen atoms in total. The highest BCUT2D eigenvalue weighted by Gasteiger charge is 2.09. The number of ether oxygens (including phenoxy) is 1. The molecule has 28 heavy (non-hydrogen) atoms. The first-order chi connectivity index (χ1) is 13.8. The predicted octanol–water partition coefficient (Wildman–Crippen LogP) is 5.46. The number of hydrogen-bond donors (Lipinski definition) is 1. The van der Waals surface area contributed by atoms with Gasteiger partial charge in [-0.25, -0.2) is 0 Å². The van der Waals surface area contributed by atoms with Gasteiger partial charge in [0.2, 0.25) is 5.89 Å². The maximum atomic E-state index is 5.78. The summed E-state index contributed by atoms with van der Waals surface area (Å²) < 4.78 is 11.5. The standard InChI is InChI=1S/C23H17N3O2/c1-2-6-17(7-3-1)23-26-25-22(28-23)15-27-19-12-10-16(11-13-19)21-14-18-8-4-5-9-20(18)24-21/h1-14,24H,15H2. The molecule has 0 unspecified atom stereocenters. The molecule has 0 radical (unpaired) electrons. The van der Waals surface area contributed by atoms with Crippen LogP contribution in [0.2, 0.25) is 0 Å². The summed E-state index contributed by atoms with van der Waals surface area (Å²) in [4.78, 5) is 3.43. The fraction of sp³-hybridized carbons (Fsp3) is 0.0435. The molecule has 0 spiro atoms. The Hall–Kier alpha value is -3.86. The minimum Gasteiger partial charge on any atom is -0.484 e. The SMILES string of the molecule is c1ccc(-c2nnc(COc3ccc(-c4cc5ccccc5[nH]4)cc3)o2)cc1. The summed E-state index contributed by atoms with van der Waals surface area (Å²) in [6, 6.07) is 28.0. The van der Waals surface area contributed by atoms with Gasteiger partial charge in [-0.2, -0.15) is 0 Å². The zero-order valence-electron chi connectivity index (χ0n) is 15.0. The molecular formula is C23H17N3O2. The largest absolute Gasteiger partial charge is 0.484 e. The van der Waals surface area contributed by atoms with Gasteiger partial charge >= 0.3 is 0 Å². The van der Waals surface area contributed by atoms with E-state index in [9.17, 15) is 0 Å². The Bertz CT molecular complexity index is 1170. The molecule has 0 aliphatic carbocycles. The van der Waals surface area contributed by atoms with Crippen LogP contribution in [0.5, 0.6) is 5.75 Å². The van der Waals surface area contributed by atoms with Crippen LogP contribution in [0.15, 0.2) is 89.3 Å². The fourth-order valence-corrected chi connectivity index (χ4v) is 3.11. The second-order valence-corrected chi connectivity index (χ2v) is 6.45. The number of H-pyrrole nitrogens is 1. The van der Waals surface area contributed by atoms with E-state index in [4.69, 9.17) is 9.15 Å². The number of aromatic nitrogens is 3. The number of fused-ring (bicyclic) bond motifs is 1. The van der Waals surface area contributed by atoms with Crippen LogP contribution in [0, 0.1) is 0 Å². The summed E-state index contributed by atoms with van der Waals surface area (Å²) in [5.41, 5.74) is 4.21. The van der Waals surface area contributed by atoms with Gasteiger partial charge in [0.1, 0.15) is 5.75 Å². The monoisotopic (exact) mass is 367 g/mol. The zero-order chi connectivity index (χ0) is 18.8. The third-order valence-corrected chi connectivity index (χ3v) is 4.55. The van der Waals surface area contributed by atoms with Gasteiger partial charge in [-0.05, 0) is 54.1 Å². The van der Waals surface area contributed by atoms with Crippen molar-refractivity contribution in [3.05, 3.63) is 90.8 Å². The Morgan fingerprint density at radius 1 is 0.786 bits per heavy atom. The van der Waals surface area contributed by atoms with Crippen molar-refractivity contribution in [2.45, 2.75) is 6.61 Å². The van der Waals surface area contributed by atoms with Gasteiger partial charge in [-0.3, -0.25) is 0 Å². The molecule has 2 aromatic heterocycles. The van der Waals surface area contributed by atoms with Crippen molar-refractivity contribution in [1.29, 1.82) is 0 Å². The molecule has 0 aliphatic rings. The number of rotatable bonds is 5. The van der Waals surface area contributed by atoms with Crippen molar-refractivity contribution in [1.82, 2.24) is 15.2 Å². The number of para-hydroxylation sites is 1. The highest BCUT2D eigenvalue weighted by molar-refractivity contribution is 5.85. The van der Waals surface area contributed by atoms with Crippen LogP contribution in [-0.2, 0) is 6.61 Å². The third kappa shape index (κ3) is 3.25. The molecule has 5 heteroatoms. The van der Waals surface area contributed by atoms with Gasteiger partial charge in [-0.15, -0.1) is 10.2 Å². The van der Waals surface area contributed by atoms with Crippen LogP contribution in [0.25, 0.3) is 33.6 Å². The summed E-state index contributed by atoms with van der Waals surface area (Å²) in [5, 5.41) is 9.32. The van der Waals surface area contributed by atoms with E-state index < -0.39 is 0 Å². The lowest BCUT2D eigenvalue weighted by Gasteiger charge is -2.04. The van der Waals surface area contributed by atoms with E-state index in [0.29, 0.717) is 11.8 Å².